The van der Waals surface area contributed by atoms with Gasteiger partial charge in [0.05, 0.1) is 11.9 Å². The molecule has 0 aliphatic heterocycles. The minimum atomic E-state index is -3.11. The summed E-state index contributed by atoms with van der Waals surface area (Å²) in [5.41, 5.74) is 0. The molecule has 0 heterocycles. The van der Waals surface area contributed by atoms with E-state index in [1.54, 1.807) is 0 Å². The summed E-state index contributed by atoms with van der Waals surface area (Å²) in [7, 11) is -3.11. The minimum absolute atomic E-state index is 0.0793. The summed E-state index contributed by atoms with van der Waals surface area (Å²) in [5.74, 6) is 0.204. The van der Waals surface area contributed by atoms with Crippen LogP contribution in [-0.2, 0) is 14.8 Å². The van der Waals surface area contributed by atoms with E-state index < -0.39 is 10.0 Å². The molecule has 102 valence electrons. The highest BCUT2D eigenvalue weighted by molar-refractivity contribution is 7.89. The van der Waals surface area contributed by atoms with Gasteiger partial charge >= 0.3 is 0 Å². The molecule has 1 aliphatic rings. The van der Waals surface area contributed by atoms with E-state index in [1.807, 2.05) is 13.8 Å². The molecule has 0 amide bonds. The first-order chi connectivity index (χ1) is 8.07. The third-order valence-corrected chi connectivity index (χ3v) is 4.38. The zero-order chi connectivity index (χ0) is 12.7. The van der Waals surface area contributed by atoms with E-state index in [4.69, 9.17) is 4.74 Å². The topological polar surface area (TPSA) is 67.4 Å². The van der Waals surface area contributed by atoms with Gasteiger partial charge in [-0.15, -0.1) is 0 Å². The van der Waals surface area contributed by atoms with Crippen LogP contribution in [0.5, 0.6) is 0 Å². The fraction of sp³-hybridized carbons (Fsp3) is 1.00. The molecule has 0 aromatic carbocycles. The molecule has 1 aliphatic carbocycles. The van der Waals surface area contributed by atoms with Crippen molar-refractivity contribution in [2.75, 3.05) is 25.4 Å². The first kappa shape index (κ1) is 14.9. The molecule has 1 saturated carbocycles. The van der Waals surface area contributed by atoms with Gasteiger partial charge in [-0.1, -0.05) is 6.92 Å². The fourth-order valence-corrected chi connectivity index (χ4v) is 3.25. The molecule has 0 unspecified atom stereocenters. The van der Waals surface area contributed by atoms with Crippen LogP contribution in [0.2, 0.25) is 0 Å². The maximum Gasteiger partial charge on any atom is 0.211 e. The molecule has 0 spiro atoms. The summed E-state index contributed by atoms with van der Waals surface area (Å²) >= 11 is 0. The first-order valence-corrected chi connectivity index (χ1v) is 8.05. The Bertz CT molecular complexity index is 300. The Hall–Kier alpha value is -0.170. The number of rotatable bonds is 9. The van der Waals surface area contributed by atoms with Crippen LogP contribution >= 0.6 is 0 Å². The van der Waals surface area contributed by atoms with Gasteiger partial charge < -0.3 is 10.1 Å². The zero-order valence-electron chi connectivity index (χ0n) is 10.7. The lowest BCUT2D eigenvalue weighted by atomic mass is 9.90. The lowest BCUT2D eigenvalue weighted by Gasteiger charge is -2.35. The predicted octanol–water partition coefficient (Wildman–Crippen LogP) is 0.473. The second kappa shape index (κ2) is 7.31. The van der Waals surface area contributed by atoms with E-state index in [0.29, 0.717) is 13.0 Å². The smallest absolute Gasteiger partial charge is 0.211 e. The molecule has 17 heavy (non-hydrogen) atoms. The normalized spacial score (nSPS) is 24.6. The van der Waals surface area contributed by atoms with E-state index in [0.717, 1.165) is 25.9 Å². The summed E-state index contributed by atoms with van der Waals surface area (Å²) in [4.78, 5) is 0. The average Bonchev–Trinajstić information content (AvgIpc) is 2.21. The van der Waals surface area contributed by atoms with Gasteiger partial charge in [0.25, 0.3) is 0 Å². The number of ether oxygens (including phenoxy) is 1. The summed E-state index contributed by atoms with van der Waals surface area (Å²) in [6, 6.07) is 0.0793. The standard InChI is InChI=1S/C11H24N2O3S/c1-3-12-6-5-7-17(14,15)13-10-8-11(9-10)16-4-2/h10-13H,3-9H2,1-2H3. The lowest BCUT2D eigenvalue weighted by molar-refractivity contribution is -0.00475. The number of hydrogen-bond acceptors (Lipinski definition) is 4. The maximum atomic E-state index is 11.7. The van der Waals surface area contributed by atoms with Crippen molar-refractivity contribution in [1.29, 1.82) is 0 Å². The molecule has 0 aromatic rings. The molecular weight excluding hydrogens is 240 g/mol. The molecular formula is C11H24N2O3S. The molecule has 0 radical (unpaired) electrons. The van der Waals surface area contributed by atoms with E-state index in [-0.39, 0.29) is 17.9 Å². The molecule has 5 nitrogen and oxygen atoms in total. The second-order valence-corrected chi connectivity index (χ2v) is 6.26. The van der Waals surface area contributed by atoms with Gasteiger partial charge in [-0.25, -0.2) is 13.1 Å². The van der Waals surface area contributed by atoms with Crippen LogP contribution in [0.25, 0.3) is 0 Å². The lowest BCUT2D eigenvalue weighted by Crippen LogP contribution is -2.48. The summed E-state index contributed by atoms with van der Waals surface area (Å²) in [5, 5.41) is 3.11. The molecule has 0 aromatic heterocycles. The SMILES string of the molecule is CCNCCCS(=O)(=O)NC1CC(OCC)C1. The number of sulfonamides is 1. The van der Waals surface area contributed by atoms with Crippen molar-refractivity contribution in [3.05, 3.63) is 0 Å². The summed E-state index contributed by atoms with van der Waals surface area (Å²) in [6.45, 7) is 6.30. The predicted molar refractivity (Wildman–Crippen MR) is 68.5 cm³/mol. The maximum absolute atomic E-state index is 11.7. The Labute approximate surface area is 104 Å². The van der Waals surface area contributed by atoms with Crippen molar-refractivity contribution in [2.45, 2.75) is 45.3 Å². The van der Waals surface area contributed by atoms with E-state index in [2.05, 4.69) is 10.0 Å². The molecule has 0 saturated heterocycles. The van der Waals surface area contributed by atoms with E-state index >= 15 is 0 Å². The number of hydrogen-bond donors (Lipinski definition) is 2. The van der Waals surface area contributed by atoms with Gasteiger partial charge in [-0.3, -0.25) is 0 Å². The third kappa shape index (κ3) is 5.81. The molecule has 0 bridgehead atoms. The van der Waals surface area contributed by atoms with Gasteiger partial charge in [0, 0.05) is 12.6 Å². The van der Waals surface area contributed by atoms with Crippen LogP contribution in [0.3, 0.4) is 0 Å². The van der Waals surface area contributed by atoms with Gasteiger partial charge in [-0.2, -0.15) is 0 Å². The Morgan fingerprint density at radius 3 is 2.59 bits per heavy atom. The highest BCUT2D eigenvalue weighted by Crippen LogP contribution is 2.23. The van der Waals surface area contributed by atoms with Crippen molar-refractivity contribution in [3.8, 4) is 0 Å². The van der Waals surface area contributed by atoms with Gasteiger partial charge in [0.15, 0.2) is 0 Å². The van der Waals surface area contributed by atoms with Crippen LogP contribution in [0.15, 0.2) is 0 Å². The summed E-state index contributed by atoms with van der Waals surface area (Å²) in [6.07, 6.45) is 2.51. The Morgan fingerprint density at radius 2 is 2.00 bits per heavy atom. The molecule has 6 heteroatoms. The molecule has 0 atom stereocenters. The van der Waals surface area contributed by atoms with Crippen molar-refractivity contribution in [1.82, 2.24) is 10.0 Å². The summed E-state index contributed by atoms with van der Waals surface area (Å²) < 4.78 is 31.5. The van der Waals surface area contributed by atoms with Gasteiger partial charge in [0.1, 0.15) is 0 Å². The second-order valence-electron chi connectivity index (χ2n) is 4.39. The number of nitrogens with one attached hydrogen (secondary N) is 2. The van der Waals surface area contributed by atoms with E-state index in [1.165, 1.54) is 0 Å². The van der Waals surface area contributed by atoms with Crippen LogP contribution in [0.1, 0.15) is 33.1 Å². The first-order valence-electron chi connectivity index (χ1n) is 6.39. The molecule has 1 rings (SSSR count). The van der Waals surface area contributed by atoms with Crippen molar-refractivity contribution < 1.29 is 13.2 Å². The largest absolute Gasteiger partial charge is 0.378 e. The van der Waals surface area contributed by atoms with Crippen LogP contribution < -0.4 is 10.0 Å². The third-order valence-electron chi connectivity index (χ3n) is 2.86. The highest BCUT2D eigenvalue weighted by atomic mass is 32.2. The fourth-order valence-electron chi connectivity index (χ4n) is 1.91. The monoisotopic (exact) mass is 264 g/mol. The highest BCUT2D eigenvalue weighted by Gasteiger charge is 2.32. The van der Waals surface area contributed by atoms with Gasteiger partial charge in [0.2, 0.25) is 10.0 Å². The Morgan fingerprint density at radius 1 is 1.29 bits per heavy atom. The van der Waals surface area contributed by atoms with Crippen LogP contribution in [0.4, 0.5) is 0 Å². The van der Waals surface area contributed by atoms with Crippen molar-refractivity contribution >= 4 is 10.0 Å². The van der Waals surface area contributed by atoms with Crippen LogP contribution in [-0.4, -0.2) is 46.0 Å². The quantitative estimate of drug-likeness (QED) is 0.594. The van der Waals surface area contributed by atoms with Gasteiger partial charge in [-0.05, 0) is 39.3 Å². The zero-order valence-corrected chi connectivity index (χ0v) is 11.6. The minimum Gasteiger partial charge on any atom is -0.378 e. The Kier molecular flexibility index (Phi) is 6.40. The van der Waals surface area contributed by atoms with Crippen LogP contribution in [0, 0.1) is 0 Å². The van der Waals surface area contributed by atoms with E-state index in [9.17, 15) is 8.42 Å². The van der Waals surface area contributed by atoms with Crippen molar-refractivity contribution in [2.24, 2.45) is 0 Å². The van der Waals surface area contributed by atoms with Crippen molar-refractivity contribution in [3.63, 3.8) is 0 Å². The Balaban J connectivity index is 2.13. The molecule has 1 fully saturated rings. The average molecular weight is 264 g/mol. The molecule has 2 N–H and O–H groups in total.